The van der Waals surface area contributed by atoms with Gasteiger partial charge in [-0.1, -0.05) is 97.1 Å². The van der Waals surface area contributed by atoms with Gasteiger partial charge in [0, 0.05) is 0 Å². The Bertz CT molecular complexity index is 813. The molecule has 0 radical (unpaired) electrons. The molecule has 2 N–H and O–H groups in total. The molecule has 5 nitrogen and oxygen atoms in total. The minimum atomic E-state index is -1.81. The first-order valence-corrected chi connectivity index (χ1v) is 8.07. The minimum Gasteiger partial charge on any atom is -0.449 e. The Morgan fingerprint density at radius 3 is 0.778 bits per heavy atom. The van der Waals surface area contributed by atoms with E-state index in [1.165, 1.54) is 21.5 Å². The molecule has 4 aromatic rings. The number of rotatable bonds is 0. The van der Waals surface area contributed by atoms with Crippen LogP contribution in [0.4, 0.5) is 9.59 Å². The number of ether oxygens (including phenoxy) is 1. The number of fused-ring (bicyclic) bond motifs is 2. The third-order valence-electron chi connectivity index (χ3n) is 3.49. The molecule has 0 aromatic heterocycles. The first-order valence-electron chi connectivity index (χ1n) is 8.07. The van der Waals surface area contributed by atoms with E-state index in [-0.39, 0.29) is 0 Å². The SMILES string of the molecule is O=C(O)OC(=O)O.c1ccc2ccccc2c1.c1ccc2ccccc2c1. The van der Waals surface area contributed by atoms with Gasteiger partial charge >= 0.3 is 12.3 Å². The van der Waals surface area contributed by atoms with Gasteiger partial charge in [-0.25, -0.2) is 9.59 Å². The van der Waals surface area contributed by atoms with Crippen molar-refractivity contribution in [1.82, 2.24) is 0 Å². The largest absolute Gasteiger partial charge is 0.516 e. The molecule has 0 saturated carbocycles. The molecule has 0 saturated heterocycles. The van der Waals surface area contributed by atoms with Crippen molar-refractivity contribution in [3.05, 3.63) is 97.1 Å². The van der Waals surface area contributed by atoms with Gasteiger partial charge < -0.3 is 14.9 Å². The van der Waals surface area contributed by atoms with E-state index >= 15 is 0 Å². The van der Waals surface area contributed by atoms with Crippen LogP contribution in [0.5, 0.6) is 0 Å². The third-order valence-corrected chi connectivity index (χ3v) is 3.49. The molecule has 0 heterocycles. The van der Waals surface area contributed by atoms with Gasteiger partial charge in [0.15, 0.2) is 0 Å². The van der Waals surface area contributed by atoms with Gasteiger partial charge in [0.05, 0.1) is 0 Å². The van der Waals surface area contributed by atoms with Gasteiger partial charge in [-0.05, 0) is 21.5 Å². The molecule has 0 aliphatic carbocycles. The normalized spacial score (nSPS) is 9.33. The molecule has 0 bridgehead atoms. The van der Waals surface area contributed by atoms with Crippen molar-refractivity contribution in [2.45, 2.75) is 0 Å². The molecule has 0 fully saturated rings. The summed E-state index contributed by atoms with van der Waals surface area (Å²) < 4.78 is 3.08. The van der Waals surface area contributed by atoms with Crippen molar-refractivity contribution < 1.29 is 24.5 Å². The minimum absolute atomic E-state index is 1.31. The lowest BCUT2D eigenvalue weighted by Gasteiger charge is -1.92. The first kappa shape index (κ1) is 19.5. The van der Waals surface area contributed by atoms with Crippen molar-refractivity contribution in [1.29, 1.82) is 0 Å². The lowest BCUT2D eigenvalue weighted by molar-refractivity contribution is 0.0802. The third kappa shape index (κ3) is 6.88. The summed E-state index contributed by atoms with van der Waals surface area (Å²) in [5, 5.41) is 20.2. The molecular weight excluding hydrogens is 344 g/mol. The highest BCUT2D eigenvalue weighted by atomic mass is 16.7. The van der Waals surface area contributed by atoms with Crippen molar-refractivity contribution in [2.24, 2.45) is 0 Å². The van der Waals surface area contributed by atoms with Crippen LogP contribution in [-0.2, 0) is 4.74 Å². The van der Waals surface area contributed by atoms with Gasteiger partial charge in [-0.15, -0.1) is 0 Å². The maximum atomic E-state index is 9.21. The van der Waals surface area contributed by atoms with Gasteiger partial charge in [0.2, 0.25) is 0 Å². The molecular formula is C22H18O5. The second-order valence-corrected chi connectivity index (χ2v) is 5.33. The lowest BCUT2D eigenvalue weighted by atomic mass is 10.1. The van der Waals surface area contributed by atoms with E-state index in [0.717, 1.165) is 0 Å². The molecule has 0 amide bonds. The smallest absolute Gasteiger partial charge is 0.449 e. The molecule has 0 spiro atoms. The van der Waals surface area contributed by atoms with Crippen LogP contribution in [0.3, 0.4) is 0 Å². The highest BCUT2D eigenvalue weighted by Crippen LogP contribution is 2.12. The second kappa shape index (κ2) is 10.2. The molecule has 27 heavy (non-hydrogen) atoms. The summed E-state index contributed by atoms with van der Waals surface area (Å²) >= 11 is 0. The van der Waals surface area contributed by atoms with Crippen LogP contribution < -0.4 is 0 Å². The number of hydrogen-bond acceptors (Lipinski definition) is 3. The zero-order valence-corrected chi connectivity index (χ0v) is 14.4. The van der Waals surface area contributed by atoms with Crippen LogP contribution >= 0.6 is 0 Å². The van der Waals surface area contributed by atoms with Crippen molar-refractivity contribution in [2.75, 3.05) is 0 Å². The molecule has 4 aromatic carbocycles. The molecule has 5 heteroatoms. The summed E-state index contributed by atoms with van der Waals surface area (Å²) in [5.74, 6) is 0. The van der Waals surface area contributed by atoms with Crippen molar-refractivity contribution >= 4 is 33.9 Å². The van der Waals surface area contributed by atoms with E-state index in [9.17, 15) is 9.59 Å². The van der Waals surface area contributed by atoms with Gasteiger partial charge in [-0.2, -0.15) is 0 Å². The van der Waals surface area contributed by atoms with E-state index in [1.807, 2.05) is 0 Å². The van der Waals surface area contributed by atoms with Gasteiger partial charge in [-0.3, -0.25) is 0 Å². The Balaban J connectivity index is 0.000000149. The van der Waals surface area contributed by atoms with Crippen LogP contribution in [0.15, 0.2) is 97.1 Å². The summed E-state index contributed by atoms with van der Waals surface area (Å²) in [6, 6.07) is 33.4. The Morgan fingerprint density at radius 2 is 0.667 bits per heavy atom. The number of carbonyl (C=O) groups is 2. The number of benzene rings is 4. The monoisotopic (exact) mass is 362 g/mol. The van der Waals surface area contributed by atoms with E-state index in [2.05, 4.69) is 102 Å². The molecule has 0 atom stereocenters. The van der Waals surface area contributed by atoms with Crippen molar-refractivity contribution in [3.63, 3.8) is 0 Å². The molecule has 0 unspecified atom stereocenters. The molecule has 0 aliphatic heterocycles. The fourth-order valence-electron chi connectivity index (χ4n) is 2.34. The number of hydrogen-bond donors (Lipinski definition) is 2. The highest BCUT2D eigenvalue weighted by Gasteiger charge is 2.01. The quantitative estimate of drug-likeness (QED) is 0.294. The highest BCUT2D eigenvalue weighted by molar-refractivity contribution is 5.82. The first-order chi connectivity index (χ1) is 13.1. The van der Waals surface area contributed by atoms with E-state index in [0.29, 0.717) is 0 Å². The molecule has 136 valence electrons. The number of carboxylic acid groups (broad SMARTS) is 2. The van der Waals surface area contributed by atoms with Gasteiger partial charge in [0.1, 0.15) is 0 Å². The lowest BCUT2D eigenvalue weighted by Crippen LogP contribution is -2.05. The standard InChI is InChI=1S/2C10H8.C2H2O5/c2*1-2-6-10-8-4-3-7-9(10)5-1;3-1(4)7-2(5)6/h2*1-8H;(H,3,4)(H,5,6). The Hall–Kier alpha value is -3.86. The van der Waals surface area contributed by atoms with Gasteiger partial charge in [0.25, 0.3) is 0 Å². The summed E-state index contributed by atoms with van der Waals surface area (Å²) in [6.07, 6.45) is -3.62. The van der Waals surface area contributed by atoms with Crippen LogP contribution in [0.2, 0.25) is 0 Å². The second-order valence-electron chi connectivity index (χ2n) is 5.33. The van der Waals surface area contributed by atoms with Crippen LogP contribution in [0, 0.1) is 0 Å². The molecule has 0 aliphatic rings. The summed E-state index contributed by atoms with van der Waals surface area (Å²) in [6.45, 7) is 0. The fraction of sp³-hybridized carbons (Fsp3) is 0. The maximum absolute atomic E-state index is 9.21. The Morgan fingerprint density at radius 1 is 0.481 bits per heavy atom. The molecule has 4 rings (SSSR count). The summed E-state index contributed by atoms with van der Waals surface area (Å²) in [5.41, 5.74) is 0. The zero-order chi connectivity index (χ0) is 19.5. The average molecular weight is 362 g/mol. The Labute approximate surface area is 156 Å². The summed E-state index contributed by atoms with van der Waals surface area (Å²) in [7, 11) is 0. The fourth-order valence-corrected chi connectivity index (χ4v) is 2.34. The van der Waals surface area contributed by atoms with Crippen LogP contribution in [-0.4, -0.2) is 22.5 Å². The topological polar surface area (TPSA) is 83.8 Å². The average Bonchev–Trinajstić information content (AvgIpc) is 2.68. The zero-order valence-electron chi connectivity index (χ0n) is 14.4. The van der Waals surface area contributed by atoms with Crippen LogP contribution in [0.25, 0.3) is 21.5 Å². The van der Waals surface area contributed by atoms with E-state index < -0.39 is 12.3 Å². The predicted molar refractivity (Wildman–Crippen MR) is 105 cm³/mol. The van der Waals surface area contributed by atoms with Crippen molar-refractivity contribution in [3.8, 4) is 0 Å². The van der Waals surface area contributed by atoms with E-state index in [1.54, 1.807) is 0 Å². The summed E-state index contributed by atoms with van der Waals surface area (Å²) in [4.78, 5) is 18.4. The maximum Gasteiger partial charge on any atom is 0.516 e. The Kier molecular flexibility index (Phi) is 7.36. The van der Waals surface area contributed by atoms with Crippen LogP contribution in [0.1, 0.15) is 0 Å². The van der Waals surface area contributed by atoms with E-state index in [4.69, 9.17) is 10.2 Å². The predicted octanol–water partition coefficient (Wildman–Crippen LogP) is 6.04.